The summed E-state index contributed by atoms with van der Waals surface area (Å²) in [4.78, 5) is 12.2. The molecule has 0 bridgehead atoms. The van der Waals surface area contributed by atoms with E-state index in [1.165, 1.54) is 10.7 Å². The van der Waals surface area contributed by atoms with Crippen molar-refractivity contribution in [2.45, 2.75) is 5.92 Å². The molecule has 1 unspecified atom stereocenters. The van der Waals surface area contributed by atoms with E-state index in [1.807, 2.05) is 6.07 Å². The molecule has 0 aliphatic carbocycles. The molecule has 0 aliphatic rings. The van der Waals surface area contributed by atoms with Gasteiger partial charge >= 0.3 is 0 Å². The van der Waals surface area contributed by atoms with E-state index in [0.29, 0.717) is 15.6 Å². The van der Waals surface area contributed by atoms with Crippen LogP contribution in [0.1, 0.15) is 22.0 Å². The first-order valence-electron chi connectivity index (χ1n) is 5.41. The zero-order valence-corrected chi connectivity index (χ0v) is 11.5. The summed E-state index contributed by atoms with van der Waals surface area (Å²) in [5, 5.41) is 13.9. The smallest absolute Gasteiger partial charge is 0.204 e. The van der Waals surface area contributed by atoms with E-state index in [0.717, 1.165) is 0 Å². The second kappa shape index (κ2) is 5.43. The van der Waals surface area contributed by atoms with Crippen LogP contribution in [0.3, 0.4) is 0 Å². The summed E-state index contributed by atoms with van der Waals surface area (Å²) in [6.45, 7) is 0. The fourth-order valence-electron chi connectivity index (χ4n) is 1.67. The maximum Gasteiger partial charge on any atom is 0.204 e. The molecule has 6 heteroatoms. The van der Waals surface area contributed by atoms with Crippen molar-refractivity contribution < 1.29 is 4.79 Å². The molecular formula is C13H9Cl2N3O. The molecule has 2 aromatic rings. The van der Waals surface area contributed by atoms with Crippen molar-refractivity contribution >= 4 is 29.0 Å². The number of aryl methyl sites for hydroxylation is 1. The lowest BCUT2D eigenvalue weighted by Crippen LogP contribution is -2.12. The van der Waals surface area contributed by atoms with Gasteiger partial charge in [0.15, 0.2) is 0 Å². The third kappa shape index (κ3) is 2.78. The molecule has 2 rings (SSSR count). The van der Waals surface area contributed by atoms with Gasteiger partial charge in [-0.2, -0.15) is 10.4 Å². The first-order chi connectivity index (χ1) is 9.02. The van der Waals surface area contributed by atoms with E-state index in [1.54, 1.807) is 31.4 Å². The monoisotopic (exact) mass is 293 g/mol. The van der Waals surface area contributed by atoms with Crippen LogP contribution < -0.4 is 0 Å². The van der Waals surface area contributed by atoms with Crippen molar-refractivity contribution in [2.75, 3.05) is 0 Å². The average molecular weight is 294 g/mol. The van der Waals surface area contributed by atoms with Crippen LogP contribution in [0.25, 0.3) is 0 Å². The van der Waals surface area contributed by atoms with Gasteiger partial charge in [-0.25, -0.2) is 0 Å². The average Bonchev–Trinajstić information content (AvgIpc) is 2.81. The summed E-state index contributed by atoms with van der Waals surface area (Å²) in [5.41, 5.74) is 0.757. The van der Waals surface area contributed by atoms with Crippen molar-refractivity contribution in [3.8, 4) is 6.07 Å². The lowest BCUT2D eigenvalue weighted by molar-refractivity contribution is 0.0973. The van der Waals surface area contributed by atoms with Crippen LogP contribution in [0.5, 0.6) is 0 Å². The summed E-state index contributed by atoms with van der Waals surface area (Å²) in [7, 11) is 1.71. The quantitative estimate of drug-likeness (QED) is 0.817. The minimum Gasteiger partial charge on any atom is -0.290 e. The normalized spacial score (nSPS) is 11.9. The first-order valence-corrected chi connectivity index (χ1v) is 6.17. The lowest BCUT2D eigenvalue weighted by Gasteiger charge is -2.07. The van der Waals surface area contributed by atoms with Gasteiger partial charge in [-0.1, -0.05) is 29.3 Å². The Balaban J connectivity index is 2.37. The second-order valence-electron chi connectivity index (χ2n) is 3.97. The van der Waals surface area contributed by atoms with Crippen molar-refractivity contribution in [1.29, 1.82) is 5.26 Å². The molecule has 19 heavy (non-hydrogen) atoms. The van der Waals surface area contributed by atoms with Crippen LogP contribution in [-0.2, 0) is 7.05 Å². The Morgan fingerprint density at radius 2 is 2.11 bits per heavy atom. The van der Waals surface area contributed by atoms with Gasteiger partial charge in [0.1, 0.15) is 11.6 Å². The molecule has 1 aromatic carbocycles. The number of Topliss-reactive ketones (excluding diaryl/α,β-unsaturated/α-hetero) is 1. The summed E-state index contributed by atoms with van der Waals surface area (Å²) in [6, 6.07) is 8.25. The minimum atomic E-state index is -0.940. The summed E-state index contributed by atoms with van der Waals surface area (Å²) in [6.07, 6.45) is 1.65. The first kappa shape index (κ1) is 13.6. The van der Waals surface area contributed by atoms with Crippen LogP contribution in [0.4, 0.5) is 0 Å². The Morgan fingerprint density at radius 1 is 1.37 bits per heavy atom. The molecule has 0 N–H and O–H groups in total. The summed E-state index contributed by atoms with van der Waals surface area (Å²) in [5.74, 6) is -1.30. The van der Waals surface area contributed by atoms with Crippen LogP contribution in [0, 0.1) is 11.3 Å². The largest absolute Gasteiger partial charge is 0.290 e. The number of nitrogens with zero attached hydrogens (tertiary/aromatic N) is 3. The van der Waals surface area contributed by atoms with Crippen molar-refractivity contribution in [3.63, 3.8) is 0 Å². The molecule has 1 aromatic heterocycles. The molecule has 0 spiro atoms. The highest BCUT2D eigenvalue weighted by atomic mass is 35.5. The van der Waals surface area contributed by atoms with Crippen molar-refractivity contribution in [1.82, 2.24) is 9.78 Å². The number of hydrogen-bond donors (Lipinski definition) is 0. The number of nitriles is 1. The number of hydrogen-bond acceptors (Lipinski definition) is 3. The predicted molar refractivity (Wildman–Crippen MR) is 72.4 cm³/mol. The van der Waals surface area contributed by atoms with Gasteiger partial charge in [0.05, 0.1) is 16.1 Å². The van der Waals surface area contributed by atoms with Gasteiger partial charge in [-0.05, 0) is 23.8 Å². The Hall–Kier alpha value is -1.83. The maximum atomic E-state index is 12.2. The zero-order valence-electron chi connectivity index (χ0n) is 9.97. The van der Waals surface area contributed by atoms with Crippen LogP contribution in [0.15, 0.2) is 30.5 Å². The van der Waals surface area contributed by atoms with E-state index < -0.39 is 5.92 Å². The van der Waals surface area contributed by atoms with E-state index in [9.17, 15) is 10.1 Å². The standard InChI is InChI=1S/C13H9Cl2N3O/c1-18-5-4-12(17-18)13(19)9(7-16)8-2-3-10(14)11(15)6-8/h2-6,9H,1H3. The number of carbonyl (C=O) groups is 1. The van der Waals surface area contributed by atoms with Crippen LogP contribution >= 0.6 is 23.2 Å². The van der Waals surface area contributed by atoms with Crippen molar-refractivity contribution in [3.05, 3.63) is 51.8 Å². The molecule has 0 saturated carbocycles. The molecule has 96 valence electrons. The van der Waals surface area contributed by atoms with Crippen LogP contribution in [0.2, 0.25) is 10.0 Å². The van der Waals surface area contributed by atoms with E-state index in [4.69, 9.17) is 23.2 Å². The maximum absolute atomic E-state index is 12.2. The van der Waals surface area contributed by atoms with Gasteiger partial charge in [-0.3, -0.25) is 9.48 Å². The number of carbonyl (C=O) groups excluding carboxylic acids is 1. The van der Waals surface area contributed by atoms with Gasteiger partial charge < -0.3 is 0 Å². The fourth-order valence-corrected chi connectivity index (χ4v) is 1.98. The Bertz CT molecular complexity index is 673. The van der Waals surface area contributed by atoms with Gasteiger partial charge in [0.2, 0.25) is 5.78 Å². The van der Waals surface area contributed by atoms with E-state index in [-0.39, 0.29) is 11.5 Å². The number of benzene rings is 1. The topological polar surface area (TPSA) is 58.7 Å². The molecule has 0 aliphatic heterocycles. The second-order valence-corrected chi connectivity index (χ2v) is 4.79. The molecule has 0 saturated heterocycles. The molecular weight excluding hydrogens is 285 g/mol. The van der Waals surface area contributed by atoms with E-state index >= 15 is 0 Å². The Kier molecular flexibility index (Phi) is 3.89. The highest BCUT2D eigenvalue weighted by Gasteiger charge is 2.24. The fraction of sp³-hybridized carbons (Fsp3) is 0.154. The summed E-state index contributed by atoms with van der Waals surface area (Å²) >= 11 is 11.7. The number of rotatable bonds is 3. The van der Waals surface area contributed by atoms with Gasteiger partial charge in [0.25, 0.3) is 0 Å². The third-order valence-corrected chi connectivity index (χ3v) is 3.37. The number of halogens is 2. The lowest BCUT2D eigenvalue weighted by atomic mass is 9.94. The molecule has 1 heterocycles. The van der Waals surface area contributed by atoms with Gasteiger partial charge in [-0.15, -0.1) is 0 Å². The number of aromatic nitrogens is 2. The molecule has 0 fully saturated rings. The van der Waals surface area contributed by atoms with Gasteiger partial charge in [0, 0.05) is 13.2 Å². The third-order valence-electron chi connectivity index (χ3n) is 2.63. The molecule has 0 radical (unpaired) electrons. The van der Waals surface area contributed by atoms with E-state index in [2.05, 4.69) is 5.10 Å². The Labute approximate surface area is 120 Å². The molecule has 0 amide bonds. The Morgan fingerprint density at radius 3 is 2.63 bits per heavy atom. The SMILES string of the molecule is Cn1ccc(C(=O)C(C#N)c2ccc(Cl)c(Cl)c2)n1. The highest BCUT2D eigenvalue weighted by molar-refractivity contribution is 6.42. The van der Waals surface area contributed by atoms with Crippen LogP contribution in [-0.4, -0.2) is 15.6 Å². The summed E-state index contributed by atoms with van der Waals surface area (Å²) < 4.78 is 1.51. The predicted octanol–water partition coefficient (Wildman–Crippen LogP) is 3.22. The highest BCUT2D eigenvalue weighted by Crippen LogP contribution is 2.27. The molecule has 4 nitrogen and oxygen atoms in total. The van der Waals surface area contributed by atoms with Crippen molar-refractivity contribution in [2.24, 2.45) is 7.05 Å². The number of ketones is 1. The zero-order chi connectivity index (χ0) is 14.0. The minimum absolute atomic E-state index is 0.250. The molecule has 1 atom stereocenters.